The van der Waals surface area contributed by atoms with Crippen LogP contribution in [-0.4, -0.2) is 11.8 Å². The minimum Gasteiger partial charge on any atom is -0.325 e. The molecule has 0 aliphatic carbocycles. The summed E-state index contributed by atoms with van der Waals surface area (Å²) < 4.78 is 12.9. The van der Waals surface area contributed by atoms with Gasteiger partial charge in [-0.25, -0.2) is 4.39 Å². The molecule has 24 heavy (non-hydrogen) atoms. The number of hydrogen-bond acceptors (Lipinski definition) is 2. The van der Waals surface area contributed by atoms with Crippen molar-refractivity contribution >= 4 is 23.2 Å². The first kappa shape index (κ1) is 17.7. The molecule has 126 valence electrons. The Labute approximate surface area is 141 Å². The lowest BCUT2D eigenvalue weighted by Gasteiger charge is -2.23. The Morgan fingerprint density at radius 2 is 1.50 bits per heavy atom. The van der Waals surface area contributed by atoms with Gasteiger partial charge in [0.25, 0.3) is 0 Å². The smallest absolute Gasteiger partial charge is 0.239 e. The number of rotatable bonds is 4. The predicted molar refractivity (Wildman–Crippen MR) is 93.4 cm³/mol. The summed E-state index contributed by atoms with van der Waals surface area (Å²) in [4.78, 5) is 25.0. The van der Waals surface area contributed by atoms with Crippen molar-refractivity contribution in [3.05, 3.63) is 59.4 Å². The van der Waals surface area contributed by atoms with E-state index in [4.69, 9.17) is 0 Å². The van der Waals surface area contributed by atoms with Gasteiger partial charge >= 0.3 is 0 Å². The van der Waals surface area contributed by atoms with E-state index in [1.165, 1.54) is 24.3 Å². The lowest BCUT2D eigenvalue weighted by Crippen LogP contribution is -2.41. The number of amides is 2. The van der Waals surface area contributed by atoms with Crippen LogP contribution in [0.4, 0.5) is 15.8 Å². The van der Waals surface area contributed by atoms with Gasteiger partial charge in [-0.05, 0) is 69.2 Å². The standard InChI is InChI=1S/C19H21FN2O2/c1-12-6-5-7-16(13(12)2)22-18(24)19(3,4)17(23)21-15-10-8-14(20)9-11-15/h5-11H,1-4H3,(H,21,23)(H,22,24). The van der Waals surface area contributed by atoms with Gasteiger partial charge in [0.15, 0.2) is 0 Å². The van der Waals surface area contributed by atoms with Crippen LogP contribution in [0.1, 0.15) is 25.0 Å². The van der Waals surface area contributed by atoms with Crippen LogP contribution in [0.5, 0.6) is 0 Å². The van der Waals surface area contributed by atoms with Crippen molar-refractivity contribution in [3.63, 3.8) is 0 Å². The number of carbonyl (C=O) groups is 2. The van der Waals surface area contributed by atoms with Gasteiger partial charge in [0.05, 0.1) is 0 Å². The Balaban J connectivity index is 2.12. The summed E-state index contributed by atoms with van der Waals surface area (Å²) in [5, 5.41) is 5.44. The topological polar surface area (TPSA) is 58.2 Å². The van der Waals surface area contributed by atoms with Crippen LogP contribution in [-0.2, 0) is 9.59 Å². The molecule has 2 aromatic carbocycles. The third-order valence-electron chi connectivity index (χ3n) is 4.09. The van der Waals surface area contributed by atoms with Gasteiger partial charge in [0.2, 0.25) is 11.8 Å². The quantitative estimate of drug-likeness (QED) is 0.832. The molecule has 0 bridgehead atoms. The molecule has 0 aromatic heterocycles. The van der Waals surface area contributed by atoms with Crippen LogP contribution in [0.3, 0.4) is 0 Å². The van der Waals surface area contributed by atoms with Gasteiger partial charge in [-0.2, -0.15) is 0 Å². The van der Waals surface area contributed by atoms with Crippen LogP contribution in [0.2, 0.25) is 0 Å². The zero-order valence-electron chi connectivity index (χ0n) is 14.2. The van der Waals surface area contributed by atoms with E-state index in [0.29, 0.717) is 11.4 Å². The molecular weight excluding hydrogens is 307 g/mol. The molecule has 5 heteroatoms. The highest BCUT2D eigenvalue weighted by Gasteiger charge is 2.36. The Hall–Kier alpha value is -2.69. The Bertz CT molecular complexity index is 767. The highest BCUT2D eigenvalue weighted by atomic mass is 19.1. The van der Waals surface area contributed by atoms with Gasteiger partial charge in [0, 0.05) is 11.4 Å². The molecule has 2 aromatic rings. The highest BCUT2D eigenvalue weighted by molar-refractivity contribution is 6.14. The lowest BCUT2D eigenvalue weighted by atomic mass is 9.90. The van der Waals surface area contributed by atoms with Gasteiger partial charge in [-0.1, -0.05) is 12.1 Å². The molecule has 2 amide bonds. The third-order valence-corrected chi connectivity index (χ3v) is 4.09. The maximum atomic E-state index is 12.9. The normalized spacial score (nSPS) is 11.0. The monoisotopic (exact) mass is 328 g/mol. The van der Waals surface area contributed by atoms with E-state index in [1.807, 2.05) is 26.0 Å². The van der Waals surface area contributed by atoms with E-state index in [2.05, 4.69) is 10.6 Å². The van der Waals surface area contributed by atoms with Crippen LogP contribution in [0.15, 0.2) is 42.5 Å². The molecule has 2 N–H and O–H groups in total. The predicted octanol–water partition coefficient (Wildman–Crippen LogP) is 4.05. The average molecular weight is 328 g/mol. The first-order valence-electron chi connectivity index (χ1n) is 7.66. The summed E-state index contributed by atoms with van der Waals surface area (Å²) >= 11 is 0. The minimum atomic E-state index is -1.29. The van der Waals surface area contributed by atoms with E-state index < -0.39 is 17.2 Å². The maximum absolute atomic E-state index is 12.9. The summed E-state index contributed by atoms with van der Waals surface area (Å²) in [5.41, 5.74) is 1.85. The van der Waals surface area contributed by atoms with Crippen molar-refractivity contribution < 1.29 is 14.0 Å². The average Bonchev–Trinajstić information content (AvgIpc) is 2.53. The second kappa shape index (κ2) is 6.83. The summed E-state index contributed by atoms with van der Waals surface area (Å²) in [6, 6.07) is 11.0. The number of aryl methyl sites for hydroxylation is 1. The lowest BCUT2D eigenvalue weighted by molar-refractivity contribution is -0.135. The molecular formula is C19H21FN2O2. The molecule has 0 unspecified atom stereocenters. The van der Waals surface area contributed by atoms with E-state index in [0.717, 1.165) is 11.1 Å². The number of nitrogens with one attached hydrogen (secondary N) is 2. The molecule has 0 fully saturated rings. The molecule has 0 radical (unpaired) electrons. The summed E-state index contributed by atoms with van der Waals surface area (Å²) in [6.07, 6.45) is 0. The highest BCUT2D eigenvalue weighted by Crippen LogP contribution is 2.24. The number of hydrogen-bond donors (Lipinski definition) is 2. The van der Waals surface area contributed by atoms with E-state index >= 15 is 0 Å². The zero-order valence-corrected chi connectivity index (χ0v) is 14.2. The van der Waals surface area contributed by atoms with Gasteiger partial charge < -0.3 is 10.6 Å². The Kier molecular flexibility index (Phi) is 5.02. The Morgan fingerprint density at radius 1 is 0.917 bits per heavy atom. The van der Waals surface area contributed by atoms with Crippen molar-refractivity contribution in [2.24, 2.45) is 5.41 Å². The molecule has 0 saturated carbocycles. The SMILES string of the molecule is Cc1cccc(NC(=O)C(C)(C)C(=O)Nc2ccc(F)cc2)c1C. The van der Waals surface area contributed by atoms with Crippen LogP contribution in [0, 0.1) is 25.1 Å². The Morgan fingerprint density at radius 3 is 2.12 bits per heavy atom. The van der Waals surface area contributed by atoms with E-state index in [-0.39, 0.29) is 5.82 Å². The minimum absolute atomic E-state index is 0.389. The fourth-order valence-electron chi connectivity index (χ4n) is 2.09. The van der Waals surface area contributed by atoms with E-state index in [1.54, 1.807) is 19.9 Å². The number of anilines is 2. The van der Waals surface area contributed by atoms with Crippen molar-refractivity contribution in [2.45, 2.75) is 27.7 Å². The second-order valence-electron chi connectivity index (χ2n) is 6.29. The molecule has 0 aliphatic rings. The van der Waals surface area contributed by atoms with Crippen molar-refractivity contribution in [2.75, 3.05) is 10.6 Å². The number of carbonyl (C=O) groups excluding carboxylic acids is 2. The maximum Gasteiger partial charge on any atom is 0.239 e. The van der Waals surface area contributed by atoms with Crippen LogP contribution in [0.25, 0.3) is 0 Å². The second-order valence-corrected chi connectivity index (χ2v) is 6.29. The summed E-state index contributed by atoms with van der Waals surface area (Å²) in [6.45, 7) is 6.96. The summed E-state index contributed by atoms with van der Waals surface area (Å²) in [5.74, 6) is -1.26. The molecule has 0 heterocycles. The fraction of sp³-hybridized carbons (Fsp3) is 0.263. The molecule has 0 spiro atoms. The fourth-order valence-corrected chi connectivity index (χ4v) is 2.09. The van der Waals surface area contributed by atoms with E-state index in [9.17, 15) is 14.0 Å². The largest absolute Gasteiger partial charge is 0.325 e. The van der Waals surface area contributed by atoms with Crippen LogP contribution >= 0.6 is 0 Å². The van der Waals surface area contributed by atoms with Gasteiger partial charge in [-0.15, -0.1) is 0 Å². The first-order chi connectivity index (χ1) is 11.2. The van der Waals surface area contributed by atoms with Crippen LogP contribution < -0.4 is 10.6 Å². The molecule has 4 nitrogen and oxygen atoms in total. The zero-order chi connectivity index (χ0) is 17.9. The molecule has 2 rings (SSSR count). The van der Waals surface area contributed by atoms with Crippen molar-refractivity contribution in [1.82, 2.24) is 0 Å². The molecule has 0 atom stereocenters. The van der Waals surface area contributed by atoms with Gasteiger partial charge in [0.1, 0.15) is 11.2 Å². The van der Waals surface area contributed by atoms with Gasteiger partial charge in [-0.3, -0.25) is 9.59 Å². The number of benzene rings is 2. The molecule has 0 aliphatic heterocycles. The molecule has 0 saturated heterocycles. The first-order valence-corrected chi connectivity index (χ1v) is 7.66. The summed E-state index contributed by atoms with van der Waals surface area (Å²) in [7, 11) is 0. The number of halogens is 1. The van der Waals surface area contributed by atoms with Crippen molar-refractivity contribution in [3.8, 4) is 0 Å². The van der Waals surface area contributed by atoms with Crippen molar-refractivity contribution in [1.29, 1.82) is 0 Å². The third kappa shape index (κ3) is 3.79.